The van der Waals surface area contributed by atoms with Crippen LogP contribution in [0.25, 0.3) is 0 Å². The molecule has 1 aromatic rings. The van der Waals surface area contributed by atoms with Gasteiger partial charge in [-0.3, -0.25) is 19.0 Å². The van der Waals surface area contributed by atoms with E-state index in [0.717, 1.165) is 0 Å². The summed E-state index contributed by atoms with van der Waals surface area (Å²) in [6.45, 7) is 1.22. The summed E-state index contributed by atoms with van der Waals surface area (Å²) in [6, 6.07) is 4.79. The van der Waals surface area contributed by atoms with Gasteiger partial charge in [-0.25, -0.2) is 0 Å². The van der Waals surface area contributed by atoms with Crippen LogP contribution in [0.2, 0.25) is 0 Å². The Kier molecular flexibility index (Phi) is 7.28. The molecule has 0 saturated carbocycles. The molecule has 9 heteroatoms. The number of hydrogen-bond acceptors (Lipinski definition) is 5. The zero-order chi connectivity index (χ0) is 14.3. The monoisotopic (exact) mass is 308 g/mol. The molecule has 0 aromatic carbocycles. The van der Waals surface area contributed by atoms with E-state index in [-0.39, 0.29) is 0 Å². The lowest BCUT2D eigenvalue weighted by atomic mass is 10.1. The summed E-state index contributed by atoms with van der Waals surface area (Å²) in [4.78, 5) is 6.54. The molecule has 7 nitrogen and oxygen atoms in total. The van der Waals surface area contributed by atoms with Gasteiger partial charge in [-0.1, -0.05) is 6.07 Å². The molecule has 1 aromatic heterocycles. The Hall–Kier alpha value is -0.710. The summed E-state index contributed by atoms with van der Waals surface area (Å²) in [7, 11) is 2.19. The van der Waals surface area contributed by atoms with E-state index in [9.17, 15) is 8.42 Å². The molecule has 2 heterocycles. The average Bonchev–Trinajstić information content (AvgIpc) is 2.75. The van der Waals surface area contributed by atoms with Crippen molar-refractivity contribution in [1.29, 1.82) is 0 Å². The molecule has 1 aliphatic heterocycles. The molecule has 0 bridgehead atoms. The Labute approximate surface area is 117 Å². The molecule has 0 aliphatic carbocycles. The Morgan fingerprint density at radius 2 is 2.11 bits per heavy atom. The third-order valence-electron chi connectivity index (χ3n) is 2.71. The minimum Gasteiger partial charge on any atom is -0.299 e. The first-order valence-electron chi connectivity index (χ1n) is 5.51. The molecule has 0 spiro atoms. The second-order valence-electron chi connectivity index (χ2n) is 3.93. The van der Waals surface area contributed by atoms with Crippen molar-refractivity contribution in [2.24, 2.45) is 0 Å². The summed E-state index contributed by atoms with van der Waals surface area (Å²) in [5, 5.41) is 0. The van der Waals surface area contributed by atoms with E-state index in [2.05, 4.69) is 26.6 Å². The predicted molar refractivity (Wildman–Crippen MR) is 71.5 cm³/mol. The van der Waals surface area contributed by atoms with Crippen molar-refractivity contribution in [2.75, 3.05) is 13.6 Å². The van der Waals surface area contributed by atoms with Gasteiger partial charge in [0.25, 0.3) is 0 Å². The fraction of sp³-hybridized carbons (Fsp3) is 0.500. The zero-order valence-corrected chi connectivity index (χ0v) is 12.0. The molecule has 0 radical (unpaired) electrons. The zero-order valence-electron chi connectivity index (χ0n) is 10.3. The molecule has 19 heavy (non-hydrogen) atoms. The molecule has 1 saturated heterocycles. The van der Waals surface area contributed by atoms with Gasteiger partial charge in [0.1, 0.15) is 0 Å². The van der Waals surface area contributed by atoms with Crippen molar-refractivity contribution in [3.05, 3.63) is 30.1 Å². The number of hydrogen-bond donors (Lipinski definition) is 2. The van der Waals surface area contributed by atoms with Crippen molar-refractivity contribution in [3.63, 3.8) is 0 Å². The third-order valence-corrected chi connectivity index (χ3v) is 3.64. The molecular formula is C10H16N2O5S2. The van der Waals surface area contributed by atoms with Gasteiger partial charge in [0.15, 0.2) is 0 Å². The molecule has 2 rings (SSSR count). The van der Waals surface area contributed by atoms with Gasteiger partial charge in [-0.2, -0.15) is 8.42 Å². The normalized spacial score (nSPS) is 22.4. The SMILES string of the molecule is CN1CCCC1c1cccnc1.O=S(O)OS(=O)O. The molecule has 0 amide bonds. The average molecular weight is 308 g/mol. The standard InChI is InChI=1S/C10H14N2.H2O5S2/c1-12-7-3-5-10(12)9-4-2-6-11-8-9;1-6(2)5-7(3)4/h2,4,6,8,10H,3,5,7H2,1H3;(H,1,2)(H,3,4). The van der Waals surface area contributed by atoms with E-state index >= 15 is 0 Å². The lowest BCUT2D eigenvalue weighted by Crippen LogP contribution is -2.17. The number of likely N-dealkylation sites (tertiary alicyclic amines) is 1. The van der Waals surface area contributed by atoms with Crippen LogP contribution in [0.15, 0.2) is 24.5 Å². The van der Waals surface area contributed by atoms with Crippen LogP contribution in [0, 0.1) is 0 Å². The maximum absolute atomic E-state index is 9.35. The number of rotatable bonds is 3. The van der Waals surface area contributed by atoms with Crippen LogP contribution in [0.5, 0.6) is 0 Å². The van der Waals surface area contributed by atoms with Gasteiger partial charge in [0, 0.05) is 18.4 Å². The molecule has 1 fully saturated rings. The number of nitrogens with zero attached hydrogens (tertiary/aromatic N) is 2. The third kappa shape index (κ3) is 6.32. The van der Waals surface area contributed by atoms with Crippen LogP contribution in [-0.4, -0.2) is 41.0 Å². The van der Waals surface area contributed by atoms with Crippen molar-refractivity contribution in [2.45, 2.75) is 18.9 Å². The lowest BCUT2D eigenvalue weighted by molar-refractivity contribution is 0.317. The summed E-state index contributed by atoms with van der Waals surface area (Å²) >= 11 is -5.29. The van der Waals surface area contributed by atoms with Gasteiger partial charge < -0.3 is 0 Å². The highest BCUT2D eigenvalue weighted by atomic mass is 32.3. The van der Waals surface area contributed by atoms with Crippen LogP contribution < -0.4 is 0 Å². The second-order valence-corrected chi connectivity index (χ2v) is 5.34. The summed E-state index contributed by atoms with van der Waals surface area (Å²) < 4.78 is 37.2. The van der Waals surface area contributed by atoms with Gasteiger partial charge in [0.2, 0.25) is 0 Å². The molecule has 1 atom stereocenters. The predicted octanol–water partition coefficient (Wildman–Crippen LogP) is 1.12. The van der Waals surface area contributed by atoms with Gasteiger partial charge in [0.05, 0.1) is 0 Å². The highest BCUT2D eigenvalue weighted by Gasteiger charge is 2.21. The fourth-order valence-corrected chi connectivity index (χ4v) is 2.35. The molecular weight excluding hydrogens is 292 g/mol. The fourth-order valence-electron chi connectivity index (χ4n) is 1.95. The van der Waals surface area contributed by atoms with Crippen molar-refractivity contribution < 1.29 is 21.2 Å². The second kappa shape index (κ2) is 8.46. The van der Waals surface area contributed by atoms with Crippen molar-refractivity contribution in [1.82, 2.24) is 9.88 Å². The molecule has 1 aliphatic rings. The van der Waals surface area contributed by atoms with Crippen molar-refractivity contribution >= 4 is 22.7 Å². The van der Waals surface area contributed by atoms with Crippen LogP contribution in [0.4, 0.5) is 0 Å². The molecule has 108 valence electrons. The lowest BCUT2D eigenvalue weighted by Gasteiger charge is -2.18. The highest BCUT2D eigenvalue weighted by molar-refractivity contribution is 7.87. The van der Waals surface area contributed by atoms with Crippen LogP contribution in [0.1, 0.15) is 24.4 Å². The van der Waals surface area contributed by atoms with E-state index < -0.39 is 22.7 Å². The number of pyridine rings is 1. The highest BCUT2D eigenvalue weighted by Crippen LogP contribution is 2.29. The maximum Gasteiger partial charge on any atom is 0.317 e. The smallest absolute Gasteiger partial charge is 0.299 e. The van der Waals surface area contributed by atoms with Gasteiger partial charge in [-0.05, 0) is 38.1 Å². The van der Waals surface area contributed by atoms with Gasteiger partial charge in [-0.15, -0.1) is 3.63 Å². The summed E-state index contributed by atoms with van der Waals surface area (Å²) in [5.74, 6) is 0. The summed E-state index contributed by atoms with van der Waals surface area (Å²) in [5.41, 5.74) is 1.36. The summed E-state index contributed by atoms with van der Waals surface area (Å²) in [6.07, 6.45) is 6.41. The topological polar surface area (TPSA) is 100.0 Å². The Balaban J connectivity index is 0.000000224. The van der Waals surface area contributed by atoms with E-state index in [1.807, 2.05) is 18.5 Å². The van der Waals surface area contributed by atoms with E-state index in [1.54, 1.807) is 0 Å². The first-order valence-corrected chi connectivity index (χ1v) is 7.57. The molecule has 1 unspecified atom stereocenters. The van der Waals surface area contributed by atoms with Crippen LogP contribution >= 0.6 is 0 Å². The van der Waals surface area contributed by atoms with Crippen molar-refractivity contribution in [3.8, 4) is 0 Å². The van der Waals surface area contributed by atoms with Gasteiger partial charge >= 0.3 is 22.7 Å². The van der Waals surface area contributed by atoms with E-state index in [0.29, 0.717) is 6.04 Å². The quantitative estimate of drug-likeness (QED) is 0.807. The number of aromatic nitrogens is 1. The first kappa shape index (κ1) is 16.3. The van der Waals surface area contributed by atoms with Crippen LogP contribution in [-0.2, 0) is 26.4 Å². The van der Waals surface area contributed by atoms with E-state index in [1.165, 1.54) is 24.9 Å². The first-order chi connectivity index (χ1) is 9.00. The Morgan fingerprint density at radius 3 is 2.47 bits per heavy atom. The minimum absolute atomic E-state index is 0.610. The van der Waals surface area contributed by atoms with Crippen LogP contribution in [0.3, 0.4) is 0 Å². The molecule has 2 N–H and O–H groups in total. The minimum atomic E-state index is -2.65. The maximum atomic E-state index is 9.35. The Bertz CT molecular complexity index is 419. The van der Waals surface area contributed by atoms with E-state index in [4.69, 9.17) is 9.11 Å². The largest absolute Gasteiger partial charge is 0.317 e. The Morgan fingerprint density at radius 1 is 1.42 bits per heavy atom.